The molecule has 2 amide bonds. The molecule has 4 aliphatic carbocycles. The second-order valence-electron chi connectivity index (χ2n) is 9.93. The van der Waals surface area contributed by atoms with E-state index in [1.165, 1.54) is 24.8 Å². The minimum atomic E-state index is -0.437. The van der Waals surface area contributed by atoms with Crippen molar-refractivity contribution in [1.82, 2.24) is 16.0 Å². The minimum absolute atomic E-state index is 0.0393. The highest BCUT2D eigenvalue weighted by atomic mass is 16.2. The predicted octanol–water partition coefficient (Wildman–Crippen LogP) is 2.38. The van der Waals surface area contributed by atoms with Gasteiger partial charge < -0.3 is 16.0 Å². The first kappa shape index (κ1) is 19.0. The molecule has 3 N–H and O–H groups in total. The number of carbonyl (C=O) groups is 2. The molecule has 0 radical (unpaired) electrons. The second kappa shape index (κ2) is 7.57. The lowest BCUT2D eigenvalue weighted by molar-refractivity contribution is -0.149. The molecular weight excluding hydrogens is 338 g/mol. The maximum atomic E-state index is 13.3. The normalized spacial score (nSPS) is 35.7. The summed E-state index contributed by atoms with van der Waals surface area (Å²) in [5.74, 6) is 2.41. The Morgan fingerprint density at radius 1 is 1.15 bits per heavy atom. The molecule has 4 bridgehead atoms. The molecule has 4 saturated carbocycles. The molecule has 1 atom stereocenters. The zero-order valence-electron chi connectivity index (χ0n) is 16.9. The number of carbonyl (C=O) groups excluding carboxylic acids is 2. The third kappa shape index (κ3) is 3.94. The van der Waals surface area contributed by atoms with E-state index in [9.17, 15) is 9.59 Å². The molecule has 1 unspecified atom stereocenters. The molecular formula is C22H35N3O2. The summed E-state index contributed by atoms with van der Waals surface area (Å²) in [4.78, 5) is 26.1. The predicted molar refractivity (Wildman–Crippen MR) is 106 cm³/mol. The number of hydrogen-bond donors (Lipinski definition) is 3. The van der Waals surface area contributed by atoms with Crippen molar-refractivity contribution in [2.45, 2.75) is 64.8 Å². The van der Waals surface area contributed by atoms with Gasteiger partial charge in [-0.15, -0.1) is 0 Å². The van der Waals surface area contributed by atoms with Crippen LogP contribution in [0, 0.1) is 29.1 Å². The largest absolute Gasteiger partial charge is 0.351 e. The van der Waals surface area contributed by atoms with Gasteiger partial charge in [0.05, 0.1) is 0 Å². The Hall–Kier alpha value is -1.36. The Morgan fingerprint density at radius 3 is 2.30 bits per heavy atom. The van der Waals surface area contributed by atoms with Gasteiger partial charge in [0.1, 0.15) is 6.04 Å². The standard InChI is InChI=1S/C22H35N3O2/c1-14(2)19(20(26)24-13-15-3-5-23-6-4-15)25-21(27)22-10-16-7-17(11-22)9-18(8-16)12-22/h3,14,16-19,23H,4-13H2,1-2H3,(H,24,26)(H,25,27). The number of nitrogens with one attached hydrogen (secondary N) is 3. The van der Waals surface area contributed by atoms with Gasteiger partial charge in [-0.3, -0.25) is 9.59 Å². The van der Waals surface area contributed by atoms with Crippen LogP contribution in [0.5, 0.6) is 0 Å². The van der Waals surface area contributed by atoms with E-state index in [1.54, 1.807) is 0 Å². The molecule has 0 aromatic carbocycles. The van der Waals surface area contributed by atoms with Crippen LogP contribution in [0.15, 0.2) is 11.6 Å². The molecule has 27 heavy (non-hydrogen) atoms. The lowest BCUT2D eigenvalue weighted by Gasteiger charge is -2.55. The van der Waals surface area contributed by atoms with Gasteiger partial charge in [-0.1, -0.05) is 25.5 Å². The van der Waals surface area contributed by atoms with E-state index >= 15 is 0 Å². The highest BCUT2D eigenvalue weighted by Gasteiger charge is 2.55. The molecule has 5 rings (SSSR count). The summed E-state index contributed by atoms with van der Waals surface area (Å²) in [6, 6.07) is -0.437. The quantitative estimate of drug-likeness (QED) is 0.626. The maximum Gasteiger partial charge on any atom is 0.243 e. The maximum absolute atomic E-state index is 13.3. The summed E-state index contributed by atoms with van der Waals surface area (Å²) in [5, 5.41) is 9.53. The zero-order chi connectivity index (χ0) is 19.0. The van der Waals surface area contributed by atoms with Crippen LogP contribution in [0.25, 0.3) is 0 Å². The van der Waals surface area contributed by atoms with Gasteiger partial charge in [-0.2, -0.15) is 0 Å². The van der Waals surface area contributed by atoms with Gasteiger partial charge in [0, 0.05) is 18.5 Å². The van der Waals surface area contributed by atoms with Crippen molar-refractivity contribution in [3.05, 3.63) is 11.6 Å². The number of amides is 2. The Morgan fingerprint density at radius 2 is 1.78 bits per heavy atom. The van der Waals surface area contributed by atoms with Crippen LogP contribution in [0.4, 0.5) is 0 Å². The van der Waals surface area contributed by atoms with E-state index < -0.39 is 6.04 Å². The molecule has 5 nitrogen and oxygen atoms in total. The van der Waals surface area contributed by atoms with E-state index in [1.807, 2.05) is 13.8 Å². The molecule has 1 aliphatic heterocycles. The third-order valence-corrected chi connectivity index (χ3v) is 7.40. The van der Waals surface area contributed by atoms with Crippen molar-refractivity contribution >= 4 is 11.8 Å². The van der Waals surface area contributed by atoms with Gasteiger partial charge in [-0.25, -0.2) is 0 Å². The average Bonchev–Trinajstić information content (AvgIpc) is 2.63. The molecule has 5 heteroatoms. The molecule has 0 saturated heterocycles. The summed E-state index contributed by atoms with van der Waals surface area (Å²) in [7, 11) is 0. The average molecular weight is 374 g/mol. The van der Waals surface area contributed by atoms with Gasteiger partial charge >= 0.3 is 0 Å². The van der Waals surface area contributed by atoms with Crippen LogP contribution in [0.1, 0.15) is 58.8 Å². The van der Waals surface area contributed by atoms with Gasteiger partial charge in [-0.05, 0) is 75.2 Å². The van der Waals surface area contributed by atoms with Crippen LogP contribution < -0.4 is 16.0 Å². The van der Waals surface area contributed by atoms with E-state index in [4.69, 9.17) is 0 Å². The van der Waals surface area contributed by atoms with Crippen molar-refractivity contribution in [3.63, 3.8) is 0 Å². The van der Waals surface area contributed by atoms with Gasteiger partial charge in [0.15, 0.2) is 0 Å². The first-order valence-electron chi connectivity index (χ1n) is 10.9. The van der Waals surface area contributed by atoms with Crippen LogP contribution in [-0.4, -0.2) is 37.5 Å². The van der Waals surface area contributed by atoms with E-state index in [2.05, 4.69) is 22.0 Å². The fraction of sp³-hybridized carbons (Fsp3) is 0.818. The van der Waals surface area contributed by atoms with Crippen molar-refractivity contribution in [2.75, 3.05) is 19.6 Å². The van der Waals surface area contributed by atoms with E-state index in [0.29, 0.717) is 6.54 Å². The Bertz CT molecular complexity index is 590. The Kier molecular flexibility index (Phi) is 5.32. The van der Waals surface area contributed by atoms with E-state index in [-0.39, 0.29) is 23.1 Å². The van der Waals surface area contributed by atoms with Crippen molar-refractivity contribution in [1.29, 1.82) is 0 Å². The minimum Gasteiger partial charge on any atom is -0.351 e. The third-order valence-electron chi connectivity index (χ3n) is 7.40. The fourth-order valence-corrected chi connectivity index (χ4v) is 6.36. The van der Waals surface area contributed by atoms with Gasteiger partial charge in [0.25, 0.3) is 0 Å². The van der Waals surface area contributed by atoms with Crippen LogP contribution in [0.3, 0.4) is 0 Å². The topological polar surface area (TPSA) is 70.2 Å². The smallest absolute Gasteiger partial charge is 0.243 e. The van der Waals surface area contributed by atoms with Crippen molar-refractivity contribution in [2.24, 2.45) is 29.1 Å². The molecule has 150 valence electrons. The van der Waals surface area contributed by atoms with Crippen LogP contribution >= 0.6 is 0 Å². The first-order valence-corrected chi connectivity index (χ1v) is 10.9. The lowest BCUT2D eigenvalue weighted by atomic mass is 9.49. The molecule has 0 aromatic rings. The lowest BCUT2D eigenvalue weighted by Crippen LogP contribution is -2.58. The summed E-state index contributed by atoms with van der Waals surface area (Å²) in [6.07, 6.45) is 10.2. The molecule has 1 heterocycles. The molecule has 0 spiro atoms. The summed E-state index contributed by atoms with van der Waals surface area (Å²) < 4.78 is 0. The Balaban J connectivity index is 1.38. The summed E-state index contributed by atoms with van der Waals surface area (Å²) in [5.41, 5.74) is 1.08. The van der Waals surface area contributed by atoms with Crippen molar-refractivity contribution in [3.8, 4) is 0 Å². The monoisotopic (exact) mass is 373 g/mol. The summed E-state index contributed by atoms with van der Waals surface area (Å²) in [6.45, 7) is 6.48. The zero-order valence-corrected chi connectivity index (χ0v) is 16.9. The highest BCUT2D eigenvalue weighted by molar-refractivity contribution is 5.90. The van der Waals surface area contributed by atoms with Crippen LogP contribution in [0.2, 0.25) is 0 Å². The second-order valence-corrected chi connectivity index (χ2v) is 9.93. The molecule has 0 aromatic heterocycles. The summed E-state index contributed by atoms with van der Waals surface area (Å²) >= 11 is 0. The molecule has 5 aliphatic rings. The van der Waals surface area contributed by atoms with Crippen LogP contribution in [-0.2, 0) is 9.59 Å². The SMILES string of the molecule is CC(C)C(NC(=O)C12CC3CC(CC(C3)C1)C2)C(=O)NCC1=CCNCC1. The molecule has 4 fully saturated rings. The number of rotatable bonds is 6. The Labute approximate surface area is 163 Å². The highest BCUT2D eigenvalue weighted by Crippen LogP contribution is 2.60. The van der Waals surface area contributed by atoms with Gasteiger partial charge in [0.2, 0.25) is 11.8 Å². The van der Waals surface area contributed by atoms with E-state index in [0.717, 1.165) is 56.5 Å². The number of hydrogen-bond acceptors (Lipinski definition) is 3. The first-order chi connectivity index (χ1) is 12.9. The fourth-order valence-electron chi connectivity index (χ4n) is 6.36. The van der Waals surface area contributed by atoms with Crippen molar-refractivity contribution < 1.29 is 9.59 Å².